The van der Waals surface area contributed by atoms with Crippen LogP contribution in [0.4, 0.5) is 0 Å². The van der Waals surface area contributed by atoms with Gasteiger partial charge in [-0.05, 0) is 23.5 Å². The van der Waals surface area contributed by atoms with Gasteiger partial charge < -0.3 is 5.32 Å². The Morgan fingerprint density at radius 2 is 1.89 bits per heavy atom. The molecule has 0 aliphatic carbocycles. The van der Waals surface area contributed by atoms with Crippen molar-refractivity contribution in [3.63, 3.8) is 0 Å². The summed E-state index contributed by atoms with van der Waals surface area (Å²) in [5, 5.41) is 4.38. The van der Waals surface area contributed by atoms with Crippen LogP contribution in [0.3, 0.4) is 0 Å². The summed E-state index contributed by atoms with van der Waals surface area (Å²) in [6.45, 7) is 8.83. The van der Waals surface area contributed by atoms with Crippen LogP contribution in [-0.4, -0.2) is 6.54 Å². The highest BCUT2D eigenvalue weighted by Gasteiger charge is 2.16. The summed E-state index contributed by atoms with van der Waals surface area (Å²) in [6.07, 6.45) is 5.25. The molecule has 0 aromatic heterocycles. The molecule has 0 atom stereocenters. The van der Waals surface area contributed by atoms with Crippen LogP contribution in [0.2, 0.25) is 5.02 Å². The van der Waals surface area contributed by atoms with E-state index in [1.165, 1.54) is 31.2 Å². The molecule has 18 heavy (non-hydrogen) atoms. The van der Waals surface area contributed by atoms with Crippen LogP contribution in [0.1, 0.15) is 52.0 Å². The highest BCUT2D eigenvalue weighted by Crippen LogP contribution is 2.23. The smallest absolute Gasteiger partial charge is 0.0450 e. The molecule has 0 radical (unpaired) electrons. The summed E-state index contributed by atoms with van der Waals surface area (Å²) in [5.74, 6) is 0. The first kappa shape index (κ1) is 15.5. The lowest BCUT2D eigenvalue weighted by Gasteiger charge is -2.25. The van der Waals surface area contributed by atoms with E-state index in [-0.39, 0.29) is 0 Å². The van der Waals surface area contributed by atoms with Gasteiger partial charge in [0, 0.05) is 18.1 Å². The van der Waals surface area contributed by atoms with Crippen molar-refractivity contribution in [1.82, 2.24) is 5.32 Å². The van der Waals surface area contributed by atoms with E-state index in [2.05, 4.69) is 32.2 Å². The SMILES string of the molecule is CCCCCC(C)(C)CNCc1ccccc1Cl. The summed E-state index contributed by atoms with van der Waals surface area (Å²) in [6, 6.07) is 8.04. The zero-order valence-corrected chi connectivity index (χ0v) is 12.7. The maximum absolute atomic E-state index is 6.14. The molecule has 1 N–H and O–H groups in total. The quantitative estimate of drug-likeness (QED) is 0.651. The second-order valence-electron chi connectivity index (χ2n) is 5.82. The molecule has 0 fully saturated rings. The minimum absolute atomic E-state index is 0.371. The van der Waals surface area contributed by atoms with Crippen LogP contribution in [0.25, 0.3) is 0 Å². The van der Waals surface area contributed by atoms with E-state index in [4.69, 9.17) is 11.6 Å². The van der Waals surface area contributed by atoms with Crippen molar-refractivity contribution >= 4 is 11.6 Å². The number of benzene rings is 1. The average molecular weight is 268 g/mol. The molecule has 0 saturated heterocycles. The fraction of sp³-hybridized carbons (Fsp3) is 0.625. The van der Waals surface area contributed by atoms with E-state index < -0.39 is 0 Å². The van der Waals surface area contributed by atoms with Gasteiger partial charge in [0.15, 0.2) is 0 Å². The molecular weight excluding hydrogens is 242 g/mol. The largest absolute Gasteiger partial charge is 0.312 e. The maximum Gasteiger partial charge on any atom is 0.0450 e. The highest BCUT2D eigenvalue weighted by atomic mass is 35.5. The normalized spacial score (nSPS) is 11.8. The second kappa shape index (κ2) is 7.81. The lowest BCUT2D eigenvalue weighted by atomic mass is 9.87. The topological polar surface area (TPSA) is 12.0 Å². The van der Waals surface area contributed by atoms with Crippen molar-refractivity contribution in [2.45, 2.75) is 53.0 Å². The zero-order valence-electron chi connectivity index (χ0n) is 11.9. The first-order valence-electron chi connectivity index (χ1n) is 6.99. The Labute approximate surface area is 117 Å². The molecule has 0 aliphatic rings. The number of nitrogens with one attached hydrogen (secondary N) is 1. The van der Waals surface area contributed by atoms with Crippen LogP contribution in [0.15, 0.2) is 24.3 Å². The summed E-state index contributed by atoms with van der Waals surface area (Å²) in [4.78, 5) is 0. The summed E-state index contributed by atoms with van der Waals surface area (Å²) in [7, 11) is 0. The first-order valence-corrected chi connectivity index (χ1v) is 7.37. The molecule has 1 aromatic carbocycles. The first-order chi connectivity index (χ1) is 8.55. The van der Waals surface area contributed by atoms with E-state index >= 15 is 0 Å². The molecule has 0 saturated carbocycles. The molecule has 0 spiro atoms. The molecular formula is C16H26ClN. The maximum atomic E-state index is 6.14. The number of hydrogen-bond donors (Lipinski definition) is 1. The molecule has 0 unspecified atom stereocenters. The number of halogens is 1. The van der Waals surface area contributed by atoms with Gasteiger partial charge in [0.1, 0.15) is 0 Å². The Morgan fingerprint density at radius 3 is 2.56 bits per heavy atom. The van der Waals surface area contributed by atoms with Crippen LogP contribution in [-0.2, 0) is 6.54 Å². The summed E-state index contributed by atoms with van der Waals surface area (Å²) < 4.78 is 0. The van der Waals surface area contributed by atoms with Gasteiger partial charge in [-0.3, -0.25) is 0 Å². The summed E-state index contributed by atoms with van der Waals surface area (Å²) >= 11 is 6.14. The van der Waals surface area contributed by atoms with E-state index in [0.29, 0.717) is 5.41 Å². The fourth-order valence-electron chi connectivity index (χ4n) is 2.12. The lowest BCUT2D eigenvalue weighted by molar-refractivity contribution is 0.302. The van der Waals surface area contributed by atoms with Crippen molar-refractivity contribution < 1.29 is 0 Å². The average Bonchev–Trinajstić information content (AvgIpc) is 2.32. The zero-order chi connectivity index (χ0) is 13.4. The molecule has 0 bridgehead atoms. The molecule has 1 nitrogen and oxygen atoms in total. The van der Waals surface area contributed by atoms with Gasteiger partial charge in [0.25, 0.3) is 0 Å². The molecule has 1 rings (SSSR count). The minimum atomic E-state index is 0.371. The fourth-order valence-corrected chi connectivity index (χ4v) is 2.32. The van der Waals surface area contributed by atoms with E-state index in [9.17, 15) is 0 Å². The third-order valence-corrected chi connectivity index (χ3v) is 3.70. The molecule has 0 amide bonds. The van der Waals surface area contributed by atoms with Crippen molar-refractivity contribution in [3.05, 3.63) is 34.9 Å². The third-order valence-electron chi connectivity index (χ3n) is 3.33. The molecule has 0 aliphatic heterocycles. The van der Waals surface area contributed by atoms with Crippen LogP contribution < -0.4 is 5.32 Å². The van der Waals surface area contributed by atoms with Gasteiger partial charge in [-0.15, -0.1) is 0 Å². The summed E-state index contributed by atoms with van der Waals surface area (Å²) in [5.41, 5.74) is 1.56. The Kier molecular flexibility index (Phi) is 6.73. The molecule has 102 valence electrons. The Bertz CT molecular complexity index is 347. The Hall–Kier alpha value is -0.530. The highest BCUT2D eigenvalue weighted by molar-refractivity contribution is 6.31. The van der Waals surface area contributed by atoms with Crippen molar-refractivity contribution in [1.29, 1.82) is 0 Å². The Balaban J connectivity index is 2.30. The monoisotopic (exact) mass is 267 g/mol. The van der Waals surface area contributed by atoms with E-state index in [0.717, 1.165) is 18.1 Å². The standard InChI is InChI=1S/C16H26ClN/c1-4-5-8-11-16(2,3)13-18-12-14-9-6-7-10-15(14)17/h6-7,9-10,18H,4-5,8,11-13H2,1-3H3. The van der Waals surface area contributed by atoms with Crippen LogP contribution in [0.5, 0.6) is 0 Å². The molecule has 0 heterocycles. The van der Waals surface area contributed by atoms with Gasteiger partial charge in [-0.1, -0.05) is 69.8 Å². The lowest BCUT2D eigenvalue weighted by Crippen LogP contribution is -2.29. The van der Waals surface area contributed by atoms with Crippen LogP contribution >= 0.6 is 11.6 Å². The predicted octanol–water partition coefficient (Wildman–Crippen LogP) is 5.04. The third kappa shape index (κ3) is 5.88. The van der Waals surface area contributed by atoms with Gasteiger partial charge in [-0.2, -0.15) is 0 Å². The van der Waals surface area contributed by atoms with E-state index in [1.54, 1.807) is 0 Å². The number of hydrogen-bond acceptors (Lipinski definition) is 1. The Morgan fingerprint density at radius 1 is 1.17 bits per heavy atom. The number of rotatable bonds is 8. The minimum Gasteiger partial charge on any atom is -0.312 e. The van der Waals surface area contributed by atoms with Gasteiger partial charge in [0.2, 0.25) is 0 Å². The second-order valence-corrected chi connectivity index (χ2v) is 6.22. The number of unbranched alkanes of at least 4 members (excludes halogenated alkanes) is 2. The van der Waals surface area contributed by atoms with Crippen molar-refractivity contribution in [2.24, 2.45) is 5.41 Å². The van der Waals surface area contributed by atoms with Crippen LogP contribution in [0, 0.1) is 5.41 Å². The van der Waals surface area contributed by atoms with Crippen molar-refractivity contribution in [2.75, 3.05) is 6.54 Å². The molecule has 2 heteroatoms. The predicted molar refractivity (Wildman–Crippen MR) is 81.1 cm³/mol. The molecule has 1 aromatic rings. The van der Waals surface area contributed by atoms with Crippen molar-refractivity contribution in [3.8, 4) is 0 Å². The van der Waals surface area contributed by atoms with Gasteiger partial charge >= 0.3 is 0 Å². The van der Waals surface area contributed by atoms with Gasteiger partial charge in [-0.25, -0.2) is 0 Å². The van der Waals surface area contributed by atoms with E-state index in [1.807, 2.05) is 18.2 Å². The van der Waals surface area contributed by atoms with Gasteiger partial charge in [0.05, 0.1) is 0 Å².